The maximum atomic E-state index is 13.0. The molecule has 168 valence electrons. The SMILES string of the molecule is COc1ccc(CCCNC(=O)N2CCN(S(=O)(=O)c3cc(C)ccc3C)CC2)cc1. The molecule has 0 atom stereocenters. The molecule has 2 aromatic rings. The summed E-state index contributed by atoms with van der Waals surface area (Å²) < 4.78 is 32.7. The van der Waals surface area contributed by atoms with E-state index in [0.29, 0.717) is 37.6 Å². The minimum atomic E-state index is -3.55. The highest BCUT2D eigenvalue weighted by atomic mass is 32.2. The molecule has 1 fully saturated rings. The van der Waals surface area contributed by atoms with Gasteiger partial charge in [0, 0.05) is 32.7 Å². The van der Waals surface area contributed by atoms with Crippen LogP contribution in [0, 0.1) is 13.8 Å². The number of amides is 2. The first-order valence-corrected chi connectivity index (χ1v) is 12.0. The zero-order valence-corrected chi connectivity index (χ0v) is 19.2. The van der Waals surface area contributed by atoms with Crippen LogP contribution in [0.2, 0.25) is 0 Å². The number of hydrogen-bond acceptors (Lipinski definition) is 4. The number of hydrogen-bond donors (Lipinski definition) is 1. The molecule has 1 aliphatic heterocycles. The molecular weight excluding hydrogens is 414 g/mol. The van der Waals surface area contributed by atoms with Crippen molar-refractivity contribution >= 4 is 16.1 Å². The average Bonchev–Trinajstić information content (AvgIpc) is 2.78. The largest absolute Gasteiger partial charge is 0.497 e. The second kappa shape index (κ2) is 10.2. The minimum absolute atomic E-state index is 0.140. The number of carbonyl (C=O) groups is 1. The molecule has 8 heteroatoms. The summed E-state index contributed by atoms with van der Waals surface area (Å²) in [5, 5.41) is 2.94. The summed E-state index contributed by atoms with van der Waals surface area (Å²) in [6, 6.07) is 13.2. The summed E-state index contributed by atoms with van der Waals surface area (Å²) in [5.74, 6) is 0.829. The Morgan fingerprint density at radius 2 is 1.71 bits per heavy atom. The molecule has 0 aromatic heterocycles. The van der Waals surface area contributed by atoms with Crippen molar-refractivity contribution in [2.45, 2.75) is 31.6 Å². The summed E-state index contributed by atoms with van der Waals surface area (Å²) in [4.78, 5) is 14.5. The Balaban J connectivity index is 1.45. The summed E-state index contributed by atoms with van der Waals surface area (Å²) in [7, 11) is -1.91. The lowest BCUT2D eigenvalue weighted by Crippen LogP contribution is -2.53. The molecule has 0 radical (unpaired) electrons. The molecule has 1 heterocycles. The van der Waals surface area contributed by atoms with Crippen LogP contribution in [0.15, 0.2) is 47.4 Å². The highest BCUT2D eigenvalue weighted by Gasteiger charge is 2.31. The number of nitrogens with zero attached hydrogens (tertiary/aromatic N) is 2. The molecule has 2 amide bonds. The van der Waals surface area contributed by atoms with Crippen LogP contribution < -0.4 is 10.1 Å². The molecule has 1 saturated heterocycles. The lowest BCUT2D eigenvalue weighted by atomic mass is 10.1. The number of ether oxygens (including phenoxy) is 1. The van der Waals surface area contributed by atoms with Crippen LogP contribution in [0.3, 0.4) is 0 Å². The number of methoxy groups -OCH3 is 1. The number of aryl methyl sites for hydroxylation is 3. The van der Waals surface area contributed by atoms with Gasteiger partial charge in [-0.2, -0.15) is 4.31 Å². The van der Waals surface area contributed by atoms with Gasteiger partial charge >= 0.3 is 6.03 Å². The Morgan fingerprint density at radius 1 is 1.03 bits per heavy atom. The molecule has 0 unspecified atom stereocenters. The van der Waals surface area contributed by atoms with E-state index in [1.165, 1.54) is 9.87 Å². The van der Waals surface area contributed by atoms with Crippen LogP contribution in [0.25, 0.3) is 0 Å². The Hall–Kier alpha value is -2.58. The van der Waals surface area contributed by atoms with Gasteiger partial charge in [-0.25, -0.2) is 13.2 Å². The topological polar surface area (TPSA) is 79.0 Å². The number of nitrogens with one attached hydrogen (secondary N) is 1. The van der Waals surface area contributed by atoms with Crippen molar-refractivity contribution in [3.63, 3.8) is 0 Å². The van der Waals surface area contributed by atoms with Crippen molar-refractivity contribution in [3.8, 4) is 5.75 Å². The predicted molar refractivity (Wildman–Crippen MR) is 121 cm³/mol. The van der Waals surface area contributed by atoms with Gasteiger partial charge in [-0.05, 0) is 61.6 Å². The Kier molecular flexibility index (Phi) is 7.56. The zero-order chi connectivity index (χ0) is 22.4. The third-order valence-corrected chi connectivity index (χ3v) is 7.61. The van der Waals surface area contributed by atoms with Crippen LogP contribution in [0.1, 0.15) is 23.1 Å². The number of urea groups is 1. The molecule has 0 saturated carbocycles. The molecule has 2 aromatic carbocycles. The molecule has 0 aliphatic carbocycles. The fraction of sp³-hybridized carbons (Fsp3) is 0.435. The van der Waals surface area contributed by atoms with Gasteiger partial charge in [-0.15, -0.1) is 0 Å². The fourth-order valence-electron chi connectivity index (χ4n) is 3.65. The van der Waals surface area contributed by atoms with Crippen molar-refractivity contribution in [2.75, 3.05) is 39.8 Å². The van der Waals surface area contributed by atoms with Crippen molar-refractivity contribution in [3.05, 3.63) is 59.2 Å². The third kappa shape index (κ3) is 5.77. The molecule has 1 N–H and O–H groups in total. The van der Waals surface area contributed by atoms with Gasteiger partial charge in [0.2, 0.25) is 10.0 Å². The smallest absolute Gasteiger partial charge is 0.317 e. The minimum Gasteiger partial charge on any atom is -0.497 e. The van der Waals surface area contributed by atoms with Gasteiger partial charge in [-0.1, -0.05) is 24.3 Å². The summed E-state index contributed by atoms with van der Waals surface area (Å²) >= 11 is 0. The highest BCUT2D eigenvalue weighted by molar-refractivity contribution is 7.89. The quantitative estimate of drug-likeness (QED) is 0.665. The van der Waals surface area contributed by atoms with Crippen molar-refractivity contribution in [1.82, 2.24) is 14.5 Å². The number of benzene rings is 2. The van der Waals surface area contributed by atoms with Crippen molar-refractivity contribution in [2.24, 2.45) is 0 Å². The maximum absolute atomic E-state index is 13.0. The van der Waals surface area contributed by atoms with Gasteiger partial charge in [-0.3, -0.25) is 0 Å². The monoisotopic (exact) mass is 445 g/mol. The van der Waals surface area contributed by atoms with E-state index >= 15 is 0 Å². The van der Waals surface area contributed by atoms with Crippen LogP contribution in [-0.4, -0.2) is 63.5 Å². The molecule has 31 heavy (non-hydrogen) atoms. The zero-order valence-electron chi connectivity index (χ0n) is 18.4. The number of piperazine rings is 1. The Morgan fingerprint density at radius 3 is 2.35 bits per heavy atom. The highest BCUT2D eigenvalue weighted by Crippen LogP contribution is 2.22. The van der Waals surface area contributed by atoms with E-state index in [-0.39, 0.29) is 6.03 Å². The maximum Gasteiger partial charge on any atom is 0.317 e. The number of rotatable bonds is 7. The van der Waals surface area contributed by atoms with Crippen molar-refractivity contribution < 1.29 is 17.9 Å². The molecular formula is C23H31N3O4S. The molecule has 7 nitrogen and oxygen atoms in total. The van der Waals surface area contributed by atoms with E-state index < -0.39 is 10.0 Å². The average molecular weight is 446 g/mol. The van der Waals surface area contributed by atoms with E-state index in [0.717, 1.165) is 29.7 Å². The second-order valence-corrected chi connectivity index (χ2v) is 9.75. The lowest BCUT2D eigenvalue weighted by molar-refractivity contribution is 0.172. The summed E-state index contributed by atoms with van der Waals surface area (Å²) in [5.41, 5.74) is 2.85. The number of sulfonamides is 1. The molecule has 0 spiro atoms. The molecule has 1 aliphatic rings. The van der Waals surface area contributed by atoms with Crippen LogP contribution in [0.4, 0.5) is 4.79 Å². The van der Waals surface area contributed by atoms with Crippen LogP contribution in [0.5, 0.6) is 5.75 Å². The Labute approximate surface area is 185 Å². The second-order valence-electron chi connectivity index (χ2n) is 7.84. The van der Waals surface area contributed by atoms with E-state index in [2.05, 4.69) is 5.32 Å². The summed E-state index contributed by atoms with van der Waals surface area (Å²) in [6.45, 7) is 5.63. The third-order valence-electron chi connectivity index (χ3n) is 5.56. The molecule has 0 bridgehead atoms. The summed E-state index contributed by atoms with van der Waals surface area (Å²) in [6.07, 6.45) is 1.70. The van der Waals surface area contributed by atoms with Gasteiger partial charge in [0.05, 0.1) is 12.0 Å². The first kappa shape index (κ1) is 23.1. The van der Waals surface area contributed by atoms with Crippen LogP contribution >= 0.6 is 0 Å². The molecule has 3 rings (SSSR count). The fourth-order valence-corrected chi connectivity index (χ4v) is 5.38. The van der Waals surface area contributed by atoms with Gasteiger partial charge < -0.3 is 15.0 Å². The van der Waals surface area contributed by atoms with Gasteiger partial charge in [0.15, 0.2) is 0 Å². The van der Waals surface area contributed by atoms with E-state index in [1.54, 1.807) is 18.1 Å². The predicted octanol–water partition coefficient (Wildman–Crippen LogP) is 2.96. The van der Waals surface area contributed by atoms with Gasteiger partial charge in [0.25, 0.3) is 0 Å². The van der Waals surface area contributed by atoms with E-state index in [4.69, 9.17) is 4.74 Å². The first-order chi connectivity index (χ1) is 14.8. The van der Waals surface area contributed by atoms with E-state index in [1.807, 2.05) is 50.2 Å². The van der Waals surface area contributed by atoms with Crippen LogP contribution in [-0.2, 0) is 16.4 Å². The number of carbonyl (C=O) groups excluding carboxylic acids is 1. The first-order valence-electron chi connectivity index (χ1n) is 10.5. The normalized spacial score (nSPS) is 15.0. The lowest BCUT2D eigenvalue weighted by Gasteiger charge is -2.34. The standard InChI is InChI=1S/C23H31N3O4S/c1-18-6-7-19(2)22(17-18)31(28,29)26-15-13-25(14-16-26)23(27)24-12-4-5-20-8-10-21(30-3)11-9-20/h6-11,17H,4-5,12-16H2,1-3H3,(H,24,27). The Bertz CT molecular complexity index is 998. The van der Waals surface area contributed by atoms with Gasteiger partial charge in [0.1, 0.15) is 5.75 Å². The van der Waals surface area contributed by atoms with Crippen molar-refractivity contribution in [1.29, 1.82) is 0 Å². The van der Waals surface area contributed by atoms with E-state index in [9.17, 15) is 13.2 Å².